The van der Waals surface area contributed by atoms with Gasteiger partial charge in [0, 0.05) is 13.1 Å². The van der Waals surface area contributed by atoms with E-state index in [1.807, 2.05) is 17.5 Å². The van der Waals surface area contributed by atoms with Crippen LogP contribution in [0.2, 0.25) is 0 Å². The Kier molecular flexibility index (Phi) is 4.55. The predicted molar refractivity (Wildman–Crippen MR) is 85.2 cm³/mol. The highest BCUT2D eigenvalue weighted by Gasteiger charge is 2.11. The van der Waals surface area contributed by atoms with Gasteiger partial charge in [0.1, 0.15) is 12.0 Å². The Morgan fingerprint density at radius 3 is 2.86 bits per heavy atom. The van der Waals surface area contributed by atoms with Crippen LogP contribution in [0.4, 0.5) is 0 Å². The van der Waals surface area contributed by atoms with Gasteiger partial charge in [0.25, 0.3) is 0 Å². The number of nitrogens with zero attached hydrogens (tertiary/aromatic N) is 3. The average Bonchev–Trinajstić information content (AvgIpc) is 3.11. The second kappa shape index (κ2) is 6.76. The molecule has 1 fully saturated rings. The molecule has 3 rings (SSSR count). The van der Waals surface area contributed by atoms with E-state index in [-0.39, 0.29) is 0 Å². The van der Waals surface area contributed by atoms with Crippen LogP contribution in [-0.4, -0.2) is 28.9 Å². The van der Waals surface area contributed by atoms with Gasteiger partial charge in [-0.1, -0.05) is 18.9 Å². The Morgan fingerprint density at radius 2 is 2.14 bits per heavy atom. The van der Waals surface area contributed by atoms with Gasteiger partial charge in [-0.2, -0.15) is 0 Å². The van der Waals surface area contributed by atoms with E-state index < -0.39 is 0 Å². The maximum absolute atomic E-state index is 6.09. The van der Waals surface area contributed by atoms with Crippen LogP contribution in [0.25, 0.3) is 10.8 Å². The van der Waals surface area contributed by atoms with E-state index in [4.69, 9.17) is 10.2 Å². The third-order valence-corrected chi connectivity index (χ3v) is 4.47. The summed E-state index contributed by atoms with van der Waals surface area (Å²) in [5.41, 5.74) is 6.90. The number of aliphatic imine (C=N–C) groups is 1. The van der Waals surface area contributed by atoms with Gasteiger partial charge >= 0.3 is 0 Å². The molecule has 0 unspecified atom stereocenters. The minimum Gasteiger partial charge on any atom is -0.443 e. The molecule has 3 heterocycles. The first-order valence-corrected chi connectivity index (χ1v) is 8.24. The molecular formula is C15H20N4OS. The predicted octanol–water partition coefficient (Wildman–Crippen LogP) is 3.09. The first-order valence-electron chi connectivity index (χ1n) is 7.36. The maximum Gasteiger partial charge on any atom is 0.236 e. The van der Waals surface area contributed by atoms with Crippen molar-refractivity contribution >= 4 is 17.3 Å². The van der Waals surface area contributed by atoms with Crippen molar-refractivity contribution in [3.05, 3.63) is 29.5 Å². The van der Waals surface area contributed by atoms with Gasteiger partial charge < -0.3 is 15.1 Å². The first kappa shape index (κ1) is 14.1. The minimum absolute atomic E-state index is 0.469. The second-order valence-electron chi connectivity index (χ2n) is 5.20. The van der Waals surface area contributed by atoms with Crippen LogP contribution in [0.5, 0.6) is 0 Å². The van der Waals surface area contributed by atoms with Gasteiger partial charge in [-0.05, 0) is 24.3 Å². The Morgan fingerprint density at radius 1 is 1.33 bits per heavy atom. The summed E-state index contributed by atoms with van der Waals surface area (Å²) < 4.78 is 5.48. The number of hydrogen-bond donors (Lipinski definition) is 1. The highest BCUT2D eigenvalue weighted by Crippen LogP contribution is 2.23. The molecule has 0 saturated carbocycles. The number of likely N-dealkylation sites (tertiary alicyclic amines) is 1. The van der Waals surface area contributed by atoms with Gasteiger partial charge in [0.2, 0.25) is 5.89 Å². The lowest BCUT2D eigenvalue weighted by Crippen LogP contribution is -2.38. The highest BCUT2D eigenvalue weighted by molar-refractivity contribution is 7.13. The van der Waals surface area contributed by atoms with Gasteiger partial charge in [0.05, 0.1) is 11.4 Å². The summed E-state index contributed by atoms with van der Waals surface area (Å²) in [6.07, 6.45) is 6.63. The van der Waals surface area contributed by atoms with Gasteiger partial charge in [0.15, 0.2) is 5.96 Å². The Hall–Kier alpha value is -1.82. The molecule has 21 heavy (non-hydrogen) atoms. The van der Waals surface area contributed by atoms with Crippen molar-refractivity contribution in [3.63, 3.8) is 0 Å². The van der Waals surface area contributed by atoms with Gasteiger partial charge in [-0.3, -0.25) is 0 Å². The van der Waals surface area contributed by atoms with E-state index in [2.05, 4.69) is 14.9 Å². The molecule has 5 nitrogen and oxygen atoms in total. The number of aromatic nitrogens is 1. The van der Waals surface area contributed by atoms with Crippen LogP contribution >= 0.6 is 11.3 Å². The van der Waals surface area contributed by atoms with E-state index in [0.29, 0.717) is 18.4 Å². The molecule has 112 valence electrons. The molecule has 1 aliphatic rings. The highest BCUT2D eigenvalue weighted by atomic mass is 32.1. The van der Waals surface area contributed by atoms with Crippen molar-refractivity contribution in [2.24, 2.45) is 10.7 Å². The van der Waals surface area contributed by atoms with E-state index in [9.17, 15) is 0 Å². The summed E-state index contributed by atoms with van der Waals surface area (Å²) in [5.74, 6) is 1.28. The second-order valence-corrected chi connectivity index (χ2v) is 6.14. The lowest BCUT2D eigenvalue weighted by Gasteiger charge is -2.20. The summed E-state index contributed by atoms with van der Waals surface area (Å²) in [6, 6.07) is 3.98. The largest absolute Gasteiger partial charge is 0.443 e. The molecule has 2 N–H and O–H groups in total. The smallest absolute Gasteiger partial charge is 0.236 e. The summed E-state index contributed by atoms with van der Waals surface area (Å²) in [4.78, 5) is 12.1. The fourth-order valence-electron chi connectivity index (χ4n) is 2.45. The van der Waals surface area contributed by atoms with E-state index in [1.165, 1.54) is 25.7 Å². The van der Waals surface area contributed by atoms with Crippen molar-refractivity contribution in [2.75, 3.05) is 13.1 Å². The van der Waals surface area contributed by atoms with Crippen molar-refractivity contribution in [2.45, 2.75) is 32.2 Å². The fraction of sp³-hybridized carbons (Fsp3) is 0.467. The number of rotatable bonds is 3. The molecule has 1 saturated heterocycles. The molecule has 0 bridgehead atoms. The molecule has 1 aliphatic heterocycles. The van der Waals surface area contributed by atoms with Crippen molar-refractivity contribution in [1.29, 1.82) is 0 Å². The van der Waals surface area contributed by atoms with Crippen LogP contribution in [0.1, 0.15) is 31.4 Å². The molecule has 2 aromatic heterocycles. The molecular weight excluding hydrogens is 284 g/mol. The number of oxazole rings is 1. The summed E-state index contributed by atoms with van der Waals surface area (Å²) in [5, 5.41) is 2.01. The average molecular weight is 304 g/mol. The molecule has 0 spiro atoms. The van der Waals surface area contributed by atoms with E-state index in [1.54, 1.807) is 17.6 Å². The van der Waals surface area contributed by atoms with E-state index >= 15 is 0 Å². The Labute approximate surface area is 128 Å². The Bertz CT molecular complexity index is 583. The summed E-state index contributed by atoms with van der Waals surface area (Å²) in [6.45, 7) is 2.49. The van der Waals surface area contributed by atoms with Gasteiger partial charge in [-0.25, -0.2) is 9.98 Å². The fourth-order valence-corrected chi connectivity index (χ4v) is 3.11. The maximum atomic E-state index is 6.09. The number of guanidine groups is 1. The topological polar surface area (TPSA) is 67.6 Å². The number of hydrogen-bond acceptors (Lipinski definition) is 4. The SMILES string of the molecule is NC(=NCc1coc(-c2cccs2)n1)N1CCCCCC1. The normalized spacial score (nSPS) is 17.0. The lowest BCUT2D eigenvalue weighted by molar-refractivity contribution is 0.428. The van der Waals surface area contributed by atoms with Crippen LogP contribution in [-0.2, 0) is 6.54 Å². The minimum atomic E-state index is 0.469. The molecule has 0 aromatic carbocycles. The molecule has 0 aliphatic carbocycles. The zero-order valence-electron chi connectivity index (χ0n) is 12.0. The first-order chi connectivity index (χ1) is 10.3. The summed E-state index contributed by atoms with van der Waals surface area (Å²) >= 11 is 1.61. The van der Waals surface area contributed by atoms with Crippen LogP contribution in [0.3, 0.4) is 0 Å². The third kappa shape index (κ3) is 3.64. The number of nitrogens with two attached hydrogens (primary N) is 1. The zero-order chi connectivity index (χ0) is 14.5. The number of thiophene rings is 1. The monoisotopic (exact) mass is 304 g/mol. The third-order valence-electron chi connectivity index (χ3n) is 3.62. The standard InChI is InChI=1S/C15H20N4OS/c16-15(19-7-3-1-2-4-8-19)17-10-12-11-20-14(18-12)13-6-5-9-21-13/h5-6,9,11H,1-4,7-8,10H2,(H2,16,17). The van der Waals surface area contributed by atoms with E-state index in [0.717, 1.165) is 23.7 Å². The van der Waals surface area contributed by atoms with Crippen LogP contribution in [0.15, 0.2) is 33.2 Å². The summed E-state index contributed by atoms with van der Waals surface area (Å²) in [7, 11) is 0. The molecule has 2 aromatic rings. The molecule has 0 amide bonds. The van der Waals surface area contributed by atoms with Crippen molar-refractivity contribution < 1.29 is 4.42 Å². The molecule has 0 radical (unpaired) electrons. The van der Waals surface area contributed by atoms with Crippen molar-refractivity contribution in [1.82, 2.24) is 9.88 Å². The van der Waals surface area contributed by atoms with Crippen LogP contribution < -0.4 is 5.73 Å². The van der Waals surface area contributed by atoms with Crippen LogP contribution in [0, 0.1) is 0 Å². The zero-order valence-corrected chi connectivity index (χ0v) is 12.8. The van der Waals surface area contributed by atoms with Gasteiger partial charge in [-0.15, -0.1) is 11.3 Å². The molecule has 6 heteroatoms. The Balaban J connectivity index is 1.62. The van der Waals surface area contributed by atoms with Crippen molar-refractivity contribution in [3.8, 4) is 10.8 Å². The quantitative estimate of drug-likeness (QED) is 0.699. The lowest BCUT2D eigenvalue weighted by atomic mass is 10.2. The molecule has 0 atom stereocenters.